The van der Waals surface area contributed by atoms with E-state index >= 15 is 0 Å². The van der Waals surface area contributed by atoms with E-state index in [1.807, 2.05) is 11.9 Å². The topological polar surface area (TPSA) is 47.7 Å². The van der Waals surface area contributed by atoms with Crippen molar-refractivity contribution in [1.82, 2.24) is 5.01 Å². The van der Waals surface area contributed by atoms with Crippen molar-refractivity contribution in [2.45, 2.75) is 51.7 Å². The number of hydrazine groups is 1. The zero-order valence-corrected chi connectivity index (χ0v) is 17.6. The van der Waals surface area contributed by atoms with E-state index in [0.717, 1.165) is 37.3 Å². The molecule has 4 nitrogen and oxygen atoms in total. The van der Waals surface area contributed by atoms with Crippen LogP contribution < -0.4 is 15.3 Å². The molecule has 2 N–H and O–H groups in total. The maximum atomic E-state index is 6.44. The van der Waals surface area contributed by atoms with Crippen LogP contribution in [0, 0.1) is 5.92 Å². The van der Waals surface area contributed by atoms with Crippen molar-refractivity contribution in [3.63, 3.8) is 0 Å². The third-order valence-corrected chi connectivity index (χ3v) is 5.77. The third-order valence-electron chi connectivity index (χ3n) is 5.77. The minimum Gasteiger partial charge on any atom is -0.494 e. The number of hydrogen-bond donors (Lipinski definition) is 1. The number of fused-ring (bicyclic) bond motifs is 1. The second-order valence-electron chi connectivity index (χ2n) is 7.84. The van der Waals surface area contributed by atoms with Gasteiger partial charge in [-0.3, -0.25) is 5.84 Å². The molecule has 0 aromatic heterocycles. The molecular formula is C23H31ClN2O2. The Morgan fingerprint density at radius 1 is 1.21 bits per heavy atom. The number of nitrogens with zero attached hydrogens (tertiary/aromatic N) is 1. The minimum absolute atomic E-state index is 0. The molecule has 0 amide bonds. The van der Waals surface area contributed by atoms with E-state index in [1.54, 1.807) is 0 Å². The fourth-order valence-electron chi connectivity index (χ4n) is 4.69. The van der Waals surface area contributed by atoms with Crippen molar-refractivity contribution in [2.75, 3.05) is 13.2 Å². The maximum Gasteiger partial charge on any atom is 0.126 e. The number of rotatable bonds is 5. The Morgan fingerprint density at radius 2 is 2.00 bits per heavy atom. The summed E-state index contributed by atoms with van der Waals surface area (Å²) >= 11 is 0. The Hall–Kier alpha value is -1.75. The molecular weight excluding hydrogens is 372 g/mol. The van der Waals surface area contributed by atoms with E-state index in [2.05, 4.69) is 49.4 Å². The summed E-state index contributed by atoms with van der Waals surface area (Å²) in [7, 11) is 0. The highest BCUT2D eigenvalue weighted by molar-refractivity contribution is 5.85. The summed E-state index contributed by atoms with van der Waals surface area (Å²) in [5.41, 5.74) is 3.85. The average molecular weight is 403 g/mol. The molecule has 3 atom stereocenters. The quantitative estimate of drug-likeness (QED) is 0.736. The van der Waals surface area contributed by atoms with E-state index in [-0.39, 0.29) is 24.6 Å². The first-order valence-electron chi connectivity index (χ1n) is 10.2. The highest BCUT2D eigenvalue weighted by Gasteiger charge is 2.33. The number of nitrogens with two attached hydrogens (primary N) is 1. The molecule has 0 bridgehead atoms. The van der Waals surface area contributed by atoms with Crippen LogP contribution in [0.4, 0.5) is 0 Å². The molecule has 2 heterocycles. The van der Waals surface area contributed by atoms with Gasteiger partial charge in [-0.2, -0.15) is 0 Å². The zero-order chi connectivity index (χ0) is 18.8. The molecule has 152 valence electrons. The number of ether oxygens (including phenoxy) is 2. The molecule has 2 aromatic rings. The van der Waals surface area contributed by atoms with Crippen molar-refractivity contribution in [2.24, 2.45) is 11.8 Å². The predicted molar refractivity (Wildman–Crippen MR) is 115 cm³/mol. The van der Waals surface area contributed by atoms with Gasteiger partial charge in [0, 0.05) is 18.5 Å². The van der Waals surface area contributed by atoms with Gasteiger partial charge in [0.2, 0.25) is 0 Å². The highest BCUT2D eigenvalue weighted by atomic mass is 35.5. The summed E-state index contributed by atoms with van der Waals surface area (Å²) in [5.74, 6) is 8.94. The normalized spacial score (nSPS) is 24.2. The van der Waals surface area contributed by atoms with Crippen molar-refractivity contribution in [3.05, 3.63) is 59.2 Å². The lowest BCUT2D eigenvalue weighted by atomic mass is 9.81. The van der Waals surface area contributed by atoms with Crippen LogP contribution in [0.5, 0.6) is 11.5 Å². The first-order chi connectivity index (χ1) is 13.2. The Morgan fingerprint density at radius 3 is 2.75 bits per heavy atom. The standard InChI is InChI=1S/C23H30N2O2.ClH/c1-3-26-21-14-19-12-16(2)27-23(19)20(15-21)13-18-10-7-11-25(24)22(18)17-8-5-4-6-9-17;/h4-6,8-9,14-16,18,22H,3,7,10-13,24H2,1-2H3;1H/t16-,18-,22?;/m0./s1. The van der Waals surface area contributed by atoms with Gasteiger partial charge in [0.25, 0.3) is 0 Å². The second kappa shape index (κ2) is 9.17. The summed E-state index contributed by atoms with van der Waals surface area (Å²) in [6.07, 6.45) is 4.46. The van der Waals surface area contributed by atoms with Gasteiger partial charge < -0.3 is 9.47 Å². The fourth-order valence-corrected chi connectivity index (χ4v) is 4.69. The first-order valence-corrected chi connectivity index (χ1v) is 10.2. The van der Waals surface area contributed by atoms with Gasteiger partial charge in [0.05, 0.1) is 12.6 Å². The molecule has 2 aromatic carbocycles. The van der Waals surface area contributed by atoms with Crippen molar-refractivity contribution < 1.29 is 9.47 Å². The van der Waals surface area contributed by atoms with Gasteiger partial charge in [-0.05, 0) is 62.3 Å². The number of halogens is 1. The Labute approximate surface area is 174 Å². The van der Waals surface area contributed by atoms with Crippen LogP contribution in [0.25, 0.3) is 0 Å². The number of hydrogen-bond acceptors (Lipinski definition) is 4. The molecule has 0 spiro atoms. The van der Waals surface area contributed by atoms with E-state index in [0.29, 0.717) is 12.5 Å². The summed E-state index contributed by atoms with van der Waals surface area (Å²) in [6.45, 7) is 5.80. The fraction of sp³-hybridized carbons (Fsp3) is 0.478. The van der Waals surface area contributed by atoms with Crippen molar-refractivity contribution in [1.29, 1.82) is 0 Å². The van der Waals surface area contributed by atoms with E-state index < -0.39 is 0 Å². The lowest BCUT2D eigenvalue weighted by molar-refractivity contribution is 0.0920. The summed E-state index contributed by atoms with van der Waals surface area (Å²) in [5, 5.41) is 2.03. The number of piperidine rings is 1. The van der Waals surface area contributed by atoms with Crippen LogP contribution in [0.3, 0.4) is 0 Å². The number of benzene rings is 2. The van der Waals surface area contributed by atoms with Gasteiger partial charge in [-0.25, -0.2) is 5.01 Å². The zero-order valence-electron chi connectivity index (χ0n) is 16.8. The maximum absolute atomic E-state index is 6.44. The highest BCUT2D eigenvalue weighted by Crippen LogP contribution is 2.42. The molecule has 5 heteroatoms. The van der Waals surface area contributed by atoms with Gasteiger partial charge in [-0.15, -0.1) is 12.4 Å². The average Bonchev–Trinajstić information content (AvgIpc) is 3.03. The monoisotopic (exact) mass is 402 g/mol. The van der Waals surface area contributed by atoms with E-state index in [1.165, 1.54) is 23.1 Å². The molecule has 1 unspecified atom stereocenters. The third kappa shape index (κ3) is 4.29. The molecule has 28 heavy (non-hydrogen) atoms. The molecule has 1 saturated heterocycles. The van der Waals surface area contributed by atoms with Crippen molar-refractivity contribution in [3.8, 4) is 11.5 Å². The van der Waals surface area contributed by atoms with Crippen LogP contribution in [0.1, 0.15) is 49.4 Å². The van der Waals surface area contributed by atoms with Gasteiger partial charge in [0.15, 0.2) is 0 Å². The summed E-state index contributed by atoms with van der Waals surface area (Å²) < 4.78 is 12.0. The van der Waals surface area contributed by atoms with Crippen LogP contribution >= 0.6 is 12.4 Å². The first kappa shape index (κ1) is 21.0. The van der Waals surface area contributed by atoms with E-state index in [4.69, 9.17) is 15.3 Å². The smallest absolute Gasteiger partial charge is 0.126 e. The SMILES string of the molecule is CCOc1cc(C[C@@H]2CCCN(N)C2c2ccccc2)c2c(c1)C[C@H](C)O2.Cl. The molecule has 0 aliphatic carbocycles. The lowest BCUT2D eigenvalue weighted by Gasteiger charge is -2.39. The van der Waals surface area contributed by atoms with Crippen LogP contribution in [-0.4, -0.2) is 24.3 Å². The summed E-state index contributed by atoms with van der Waals surface area (Å²) in [6, 6.07) is 15.2. The summed E-state index contributed by atoms with van der Waals surface area (Å²) in [4.78, 5) is 0. The Balaban J connectivity index is 0.00000225. The Bertz CT molecular complexity index is 784. The van der Waals surface area contributed by atoms with E-state index in [9.17, 15) is 0 Å². The molecule has 2 aliphatic heterocycles. The van der Waals surface area contributed by atoms with Crippen molar-refractivity contribution >= 4 is 12.4 Å². The predicted octanol–water partition coefficient (Wildman–Crippen LogP) is 4.70. The Kier molecular flexibility index (Phi) is 6.86. The largest absolute Gasteiger partial charge is 0.494 e. The molecule has 4 rings (SSSR count). The van der Waals surface area contributed by atoms with Crippen LogP contribution in [0.2, 0.25) is 0 Å². The van der Waals surface area contributed by atoms with Gasteiger partial charge in [0.1, 0.15) is 17.6 Å². The van der Waals surface area contributed by atoms with Gasteiger partial charge >= 0.3 is 0 Å². The van der Waals surface area contributed by atoms with Crippen LogP contribution in [-0.2, 0) is 12.8 Å². The molecule has 2 aliphatic rings. The minimum atomic E-state index is 0. The second-order valence-corrected chi connectivity index (χ2v) is 7.84. The lowest BCUT2D eigenvalue weighted by Crippen LogP contribution is -2.44. The molecule has 1 fully saturated rings. The molecule has 0 saturated carbocycles. The van der Waals surface area contributed by atoms with Crippen LogP contribution in [0.15, 0.2) is 42.5 Å². The molecule has 0 radical (unpaired) electrons. The van der Waals surface area contributed by atoms with Gasteiger partial charge in [-0.1, -0.05) is 30.3 Å².